The lowest BCUT2D eigenvalue weighted by atomic mass is 9.88. The van der Waals surface area contributed by atoms with E-state index in [1.807, 2.05) is 0 Å². The number of benzene rings is 1. The number of hydrogen-bond acceptors (Lipinski definition) is 1. The van der Waals surface area contributed by atoms with E-state index in [1.54, 1.807) is 5.56 Å². The molecule has 0 unspecified atom stereocenters. The molecule has 1 heteroatoms. The minimum absolute atomic E-state index is 0.789. The topological polar surface area (TPSA) is 12.0 Å². The van der Waals surface area contributed by atoms with Crippen molar-refractivity contribution in [3.63, 3.8) is 0 Å². The van der Waals surface area contributed by atoms with Gasteiger partial charge in [0.1, 0.15) is 0 Å². The predicted molar refractivity (Wildman–Crippen MR) is 65.4 cm³/mol. The molecule has 2 rings (SSSR count). The second-order valence-corrected chi connectivity index (χ2v) is 4.56. The smallest absolute Gasteiger partial charge is 0.00431 e. The van der Waals surface area contributed by atoms with Gasteiger partial charge in [-0.05, 0) is 61.9 Å². The first kappa shape index (κ1) is 10.7. The van der Waals surface area contributed by atoms with Gasteiger partial charge in [-0.1, -0.05) is 25.1 Å². The molecule has 0 spiro atoms. The highest BCUT2D eigenvalue weighted by atomic mass is 14.9. The van der Waals surface area contributed by atoms with E-state index in [2.05, 4.69) is 37.4 Å². The van der Waals surface area contributed by atoms with Crippen LogP contribution in [0.5, 0.6) is 0 Å². The van der Waals surface area contributed by atoms with Gasteiger partial charge in [-0.2, -0.15) is 0 Å². The van der Waals surface area contributed by atoms with Crippen molar-refractivity contribution in [3.05, 3.63) is 34.9 Å². The van der Waals surface area contributed by atoms with Gasteiger partial charge < -0.3 is 5.32 Å². The second-order valence-electron chi connectivity index (χ2n) is 4.56. The summed E-state index contributed by atoms with van der Waals surface area (Å²) in [5, 5.41) is 3.42. The van der Waals surface area contributed by atoms with E-state index in [1.165, 1.54) is 37.1 Å². The van der Waals surface area contributed by atoms with E-state index >= 15 is 0 Å². The number of hydrogen-bond donors (Lipinski definition) is 1. The van der Waals surface area contributed by atoms with Crippen LogP contribution in [0.3, 0.4) is 0 Å². The molecule has 1 aliphatic rings. The van der Waals surface area contributed by atoms with Crippen LogP contribution in [0.25, 0.3) is 0 Å². The molecule has 0 amide bonds. The van der Waals surface area contributed by atoms with Crippen LogP contribution in [0.1, 0.15) is 42.4 Å². The zero-order valence-electron chi connectivity index (χ0n) is 9.84. The summed E-state index contributed by atoms with van der Waals surface area (Å²) in [4.78, 5) is 0. The summed E-state index contributed by atoms with van der Waals surface area (Å²) in [7, 11) is 0. The van der Waals surface area contributed by atoms with Crippen LogP contribution in [0, 0.1) is 6.92 Å². The number of rotatable bonds is 2. The number of piperidine rings is 1. The molecule has 1 fully saturated rings. The molecular formula is C14H21N. The maximum Gasteiger partial charge on any atom is -0.00431 e. The van der Waals surface area contributed by atoms with Crippen molar-refractivity contribution in [3.8, 4) is 0 Å². The Morgan fingerprint density at radius 3 is 2.67 bits per heavy atom. The Kier molecular flexibility index (Phi) is 3.42. The summed E-state index contributed by atoms with van der Waals surface area (Å²) in [5.41, 5.74) is 4.51. The van der Waals surface area contributed by atoms with E-state index < -0.39 is 0 Å². The minimum atomic E-state index is 0.789. The maximum absolute atomic E-state index is 3.42. The Balaban J connectivity index is 2.20. The van der Waals surface area contributed by atoms with E-state index in [9.17, 15) is 0 Å². The lowest BCUT2D eigenvalue weighted by molar-refractivity contribution is 0.460. The third-order valence-corrected chi connectivity index (χ3v) is 3.56. The van der Waals surface area contributed by atoms with E-state index in [0.717, 1.165) is 12.3 Å². The van der Waals surface area contributed by atoms with Gasteiger partial charge >= 0.3 is 0 Å². The van der Waals surface area contributed by atoms with Crippen molar-refractivity contribution < 1.29 is 0 Å². The molecule has 0 aliphatic carbocycles. The van der Waals surface area contributed by atoms with Crippen molar-refractivity contribution in [1.29, 1.82) is 0 Å². The molecule has 1 heterocycles. The van der Waals surface area contributed by atoms with Crippen LogP contribution in [0.2, 0.25) is 0 Å². The average Bonchev–Trinajstić information content (AvgIpc) is 2.31. The lowest BCUT2D eigenvalue weighted by Gasteiger charge is -2.23. The van der Waals surface area contributed by atoms with Crippen LogP contribution in [0.4, 0.5) is 0 Å². The molecule has 1 aliphatic heterocycles. The first-order valence-corrected chi connectivity index (χ1v) is 6.11. The molecule has 0 radical (unpaired) electrons. The maximum atomic E-state index is 3.42. The van der Waals surface area contributed by atoms with Crippen molar-refractivity contribution >= 4 is 0 Å². The largest absolute Gasteiger partial charge is 0.317 e. The summed E-state index contributed by atoms with van der Waals surface area (Å²) in [5.74, 6) is 0.789. The Hall–Kier alpha value is -0.820. The predicted octanol–water partition coefficient (Wildman–Crippen LogP) is 3.02. The van der Waals surface area contributed by atoms with Crippen LogP contribution < -0.4 is 5.32 Å². The summed E-state index contributed by atoms with van der Waals surface area (Å²) in [6.45, 7) is 6.82. The Bertz CT molecular complexity index is 324. The highest BCUT2D eigenvalue weighted by Crippen LogP contribution is 2.26. The van der Waals surface area contributed by atoms with Crippen molar-refractivity contribution in [2.24, 2.45) is 0 Å². The molecule has 82 valence electrons. The monoisotopic (exact) mass is 203 g/mol. The third-order valence-electron chi connectivity index (χ3n) is 3.56. The van der Waals surface area contributed by atoms with Crippen LogP contribution >= 0.6 is 0 Å². The molecule has 0 aromatic heterocycles. The van der Waals surface area contributed by atoms with Crippen LogP contribution in [-0.4, -0.2) is 13.1 Å². The normalized spacial score (nSPS) is 18.0. The van der Waals surface area contributed by atoms with Gasteiger partial charge in [0, 0.05) is 0 Å². The fourth-order valence-corrected chi connectivity index (χ4v) is 2.48. The van der Waals surface area contributed by atoms with Crippen molar-refractivity contribution in [1.82, 2.24) is 5.32 Å². The third kappa shape index (κ3) is 2.40. The van der Waals surface area contributed by atoms with Crippen LogP contribution in [-0.2, 0) is 6.42 Å². The molecule has 1 saturated heterocycles. The molecule has 0 bridgehead atoms. The first-order valence-electron chi connectivity index (χ1n) is 6.11. The van der Waals surface area contributed by atoms with Gasteiger partial charge in [-0.3, -0.25) is 0 Å². The quantitative estimate of drug-likeness (QED) is 0.779. The lowest BCUT2D eigenvalue weighted by Crippen LogP contribution is -2.26. The Morgan fingerprint density at radius 1 is 1.27 bits per heavy atom. The Labute approximate surface area is 92.9 Å². The fraction of sp³-hybridized carbons (Fsp3) is 0.571. The van der Waals surface area contributed by atoms with Crippen molar-refractivity contribution in [2.75, 3.05) is 13.1 Å². The summed E-state index contributed by atoms with van der Waals surface area (Å²) >= 11 is 0. The Morgan fingerprint density at radius 2 is 2.00 bits per heavy atom. The summed E-state index contributed by atoms with van der Waals surface area (Å²) in [6, 6.07) is 7.03. The zero-order chi connectivity index (χ0) is 10.7. The van der Waals surface area contributed by atoms with Gasteiger partial charge in [-0.15, -0.1) is 0 Å². The number of nitrogens with one attached hydrogen (secondary N) is 1. The standard InChI is InChI=1S/C14H21N/c1-3-12-10-14(5-4-11(12)2)13-6-8-15-9-7-13/h4-5,10,13,15H,3,6-9H2,1-2H3. The molecule has 0 saturated carbocycles. The summed E-state index contributed by atoms with van der Waals surface area (Å²) < 4.78 is 0. The van der Waals surface area contributed by atoms with E-state index in [4.69, 9.17) is 0 Å². The van der Waals surface area contributed by atoms with Gasteiger partial charge in [0.2, 0.25) is 0 Å². The fourth-order valence-electron chi connectivity index (χ4n) is 2.48. The minimum Gasteiger partial charge on any atom is -0.317 e. The van der Waals surface area contributed by atoms with Gasteiger partial charge in [0.25, 0.3) is 0 Å². The molecule has 1 aromatic carbocycles. The van der Waals surface area contributed by atoms with Crippen LogP contribution in [0.15, 0.2) is 18.2 Å². The zero-order valence-corrected chi connectivity index (χ0v) is 9.84. The highest BCUT2D eigenvalue weighted by molar-refractivity contribution is 5.33. The van der Waals surface area contributed by atoms with Gasteiger partial charge in [0.15, 0.2) is 0 Å². The SMILES string of the molecule is CCc1cc(C2CCNCC2)ccc1C. The summed E-state index contributed by atoms with van der Waals surface area (Å²) in [6.07, 6.45) is 3.75. The molecule has 1 N–H and O–H groups in total. The van der Waals surface area contributed by atoms with E-state index in [0.29, 0.717) is 0 Å². The molecule has 1 aromatic rings. The van der Waals surface area contributed by atoms with Gasteiger partial charge in [-0.25, -0.2) is 0 Å². The van der Waals surface area contributed by atoms with E-state index in [-0.39, 0.29) is 0 Å². The average molecular weight is 203 g/mol. The first-order chi connectivity index (χ1) is 7.31. The van der Waals surface area contributed by atoms with Crippen molar-refractivity contribution in [2.45, 2.75) is 39.0 Å². The van der Waals surface area contributed by atoms with Gasteiger partial charge in [0.05, 0.1) is 0 Å². The highest BCUT2D eigenvalue weighted by Gasteiger charge is 2.15. The molecule has 15 heavy (non-hydrogen) atoms. The second kappa shape index (κ2) is 4.80. The number of aryl methyl sites for hydroxylation is 2. The molecule has 1 nitrogen and oxygen atoms in total. The molecular weight excluding hydrogens is 182 g/mol. The molecule has 0 atom stereocenters.